The molecule has 6 heteroatoms. The van der Waals surface area contributed by atoms with Crippen LogP contribution in [0.1, 0.15) is 27.6 Å². The van der Waals surface area contributed by atoms with Gasteiger partial charge in [0.05, 0.1) is 0 Å². The summed E-state index contributed by atoms with van der Waals surface area (Å²) < 4.78 is 23.1. The second-order valence-electron chi connectivity index (χ2n) is 5.40. The Morgan fingerprint density at radius 2 is 1.76 bits per heavy atom. The zero-order valence-corrected chi connectivity index (χ0v) is 13.2. The van der Waals surface area contributed by atoms with Gasteiger partial charge in [-0.1, -0.05) is 18.2 Å². The number of rotatable bonds is 4. The van der Waals surface area contributed by atoms with Gasteiger partial charge in [-0.05, 0) is 43.3 Å². The van der Waals surface area contributed by atoms with Crippen LogP contribution in [-0.2, 0) is 4.74 Å². The molecular formula is C19H13FO5. The van der Waals surface area contributed by atoms with Crippen LogP contribution >= 0.6 is 0 Å². The topological polar surface area (TPSA) is 73.6 Å². The van der Waals surface area contributed by atoms with Gasteiger partial charge >= 0.3 is 11.6 Å². The van der Waals surface area contributed by atoms with Crippen LogP contribution in [0.5, 0.6) is 0 Å². The fourth-order valence-electron chi connectivity index (χ4n) is 2.33. The summed E-state index contributed by atoms with van der Waals surface area (Å²) in [4.78, 5) is 36.4. The lowest BCUT2D eigenvalue weighted by molar-refractivity contribution is 0.0315. The normalized spacial score (nSPS) is 11.9. The molecule has 0 aliphatic carbocycles. The summed E-state index contributed by atoms with van der Waals surface area (Å²) >= 11 is 0. The zero-order valence-electron chi connectivity index (χ0n) is 13.2. The summed E-state index contributed by atoms with van der Waals surface area (Å²) in [5, 5.41) is 0.562. The third-order valence-corrected chi connectivity index (χ3v) is 3.64. The van der Waals surface area contributed by atoms with Crippen molar-refractivity contribution in [3.8, 4) is 0 Å². The first-order chi connectivity index (χ1) is 12.0. The number of para-hydroxylation sites is 1. The number of carbonyl (C=O) groups excluding carboxylic acids is 2. The number of esters is 1. The summed E-state index contributed by atoms with van der Waals surface area (Å²) in [5.74, 6) is -1.93. The average Bonchev–Trinajstić information content (AvgIpc) is 2.61. The molecule has 3 rings (SSSR count). The van der Waals surface area contributed by atoms with E-state index in [1.165, 1.54) is 25.1 Å². The first-order valence-electron chi connectivity index (χ1n) is 7.49. The lowest BCUT2D eigenvalue weighted by atomic mass is 10.1. The maximum absolute atomic E-state index is 12.9. The molecule has 5 nitrogen and oxygen atoms in total. The van der Waals surface area contributed by atoms with Gasteiger partial charge in [-0.25, -0.2) is 14.0 Å². The van der Waals surface area contributed by atoms with Crippen LogP contribution in [0.15, 0.2) is 63.8 Å². The minimum Gasteiger partial charge on any atom is -0.450 e. The highest BCUT2D eigenvalue weighted by Gasteiger charge is 2.23. The van der Waals surface area contributed by atoms with Crippen molar-refractivity contribution in [2.45, 2.75) is 13.0 Å². The third-order valence-electron chi connectivity index (χ3n) is 3.64. The molecular weight excluding hydrogens is 327 g/mol. The maximum atomic E-state index is 12.9. The Morgan fingerprint density at radius 3 is 2.48 bits per heavy atom. The number of fused-ring (bicyclic) bond motifs is 1. The highest BCUT2D eigenvalue weighted by atomic mass is 19.1. The van der Waals surface area contributed by atoms with Crippen molar-refractivity contribution >= 4 is 22.7 Å². The zero-order chi connectivity index (χ0) is 18.0. The van der Waals surface area contributed by atoms with E-state index in [-0.39, 0.29) is 11.1 Å². The Labute approximate surface area is 141 Å². The monoisotopic (exact) mass is 340 g/mol. The van der Waals surface area contributed by atoms with E-state index in [2.05, 4.69) is 0 Å². The van der Waals surface area contributed by atoms with Crippen LogP contribution in [0.4, 0.5) is 4.39 Å². The number of ether oxygens (including phenoxy) is 1. The second-order valence-corrected chi connectivity index (χ2v) is 5.40. The van der Waals surface area contributed by atoms with Crippen LogP contribution in [-0.4, -0.2) is 17.9 Å². The molecule has 25 heavy (non-hydrogen) atoms. The molecule has 0 fully saturated rings. The van der Waals surface area contributed by atoms with Crippen molar-refractivity contribution in [1.29, 1.82) is 0 Å². The fraction of sp³-hybridized carbons (Fsp3) is 0.105. The summed E-state index contributed by atoms with van der Waals surface area (Å²) in [6, 6.07) is 13.0. The molecule has 0 radical (unpaired) electrons. The Morgan fingerprint density at radius 1 is 1.08 bits per heavy atom. The van der Waals surface area contributed by atoms with E-state index in [9.17, 15) is 18.8 Å². The molecule has 126 valence electrons. The van der Waals surface area contributed by atoms with Crippen molar-refractivity contribution < 1.29 is 23.1 Å². The molecule has 0 aliphatic rings. The Kier molecular flexibility index (Phi) is 4.43. The highest BCUT2D eigenvalue weighted by molar-refractivity contribution is 6.01. The predicted octanol–water partition coefficient (Wildman–Crippen LogP) is 3.36. The van der Waals surface area contributed by atoms with Gasteiger partial charge in [-0.2, -0.15) is 0 Å². The van der Waals surface area contributed by atoms with Crippen molar-refractivity contribution in [3.63, 3.8) is 0 Å². The van der Waals surface area contributed by atoms with Gasteiger partial charge in [0.1, 0.15) is 17.0 Å². The highest BCUT2D eigenvalue weighted by Crippen LogP contribution is 2.14. The molecule has 0 amide bonds. The molecule has 1 heterocycles. The van der Waals surface area contributed by atoms with E-state index in [1.54, 1.807) is 24.3 Å². The first-order valence-corrected chi connectivity index (χ1v) is 7.49. The van der Waals surface area contributed by atoms with Gasteiger partial charge in [-0.15, -0.1) is 0 Å². The molecule has 0 saturated carbocycles. The van der Waals surface area contributed by atoms with Gasteiger partial charge in [-0.3, -0.25) is 4.79 Å². The molecule has 1 aromatic heterocycles. The summed E-state index contributed by atoms with van der Waals surface area (Å²) in [5.41, 5.74) is -0.589. The molecule has 0 spiro atoms. The van der Waals surface area contributed by atoms with Crippen molar-refractivity contribution in [3.05, 3.63) is 82.0 Å². The molecule has 0 aliphatic heterocycles. The summed E-state index contributed by atoms with van der Waals surface area (Å²) in [7, 11) is 0. The number of hydrogen-bond donors (Lipinski definition) is 0. The summed E-state index contributed by atoms with van der Waals surface area (Å²) in [6.07, 6.45) is -1.14. The van der Waals surface area contributed by atoms with E-state index < -0.39 is 29.3 Å². The predicted molar refractivity (Wildman–Crippen MR) is 88.1 cm³/mol. The number of benzene rings is 2. The van der Waals surface area contributed by atoms with Gasteiger partial charge < -0.3 is 9.15 Å². The largest absolute Gasteiger partial charge is 0.450 e. The maximum Gasteiger partial charge on any atom is 0.351 e. The van der Waals surface area contributed by atoms with Gasteiger partial charge in [0, 0.05) is 10.9 Å². The van der Waals surface area contributed by atoms with E-state index in [4.69, 9.17) is 9.15 Å². The van der Waals surface area contributed by atoms with Crippen LogP contribution in [0.2, 0.25) is 0 Å². The van der Waals surface area contributed by atoms with E-state index in [0.717, 1.165) is 12.1 Å². The molecule has 0 N–H and O–H groups in total. The van der Waals surface area contributed by atoms with Gasteiger partial charge in [0.15, 0.2) is 6.10 Å². The van der Waals surface area contributed by atoms with Gasteiger partial charge in [0.25, 0.3) is 0 Å². The average molecular weight is 340 g/mol. The Balaban J connectivity index is 1.82. The minimum atomic E-state index is -1.14. The Hall–Kier alpha value is -3.28. The Bertz CT molecular complexity index is 1000. The number of halogens is 1. The third kappa shape index (κ3) is 3.47. The van der Waals surface area contributed by atoms with Crippen LogP contribution in [0.25, 0.3) is 11.0 Å². The number of carbonyl (C=O) groups is 2. The molecule has 2 aromatic carbocycles. The van der Waals surface area contributed by atoms with Crippen LogP contribution in [0.3, 0.4) is 0 Å². The van der Waals surface area contributed by atoms with Crippen molar-refractivity contribution in [2.24, 2.45) is 0 Å². The lowest BCUT2D eigenvalue weighted by Gasteiger charge is -2.12. The lowest BCUT2D eigenvalue weighted by Crippen LogP contribution is -2.27. The molecule has 0 saturated heterocycles. The number of ketones is 1. The molecule has 3 aromatic rings. The van der Waals surface area contributed by atoms with Crippen molar-refractivity contribution in [2.75, 3.05) is 0 Å². The first kappa shape index (κ1) is 16.6. The number of Topliss-reactive ketones (excluding diaryl/α,β-unsaturated/α-hetero) is 1. The number of hydrogen-bond acceptors (Lipinski definition) is 5. The molecule has 0 unspecified atom stereocenters. The fourth-order valence-corrected chi connectivity index (χ4v) is 2.33. The van der Waals surface area contributed by atoms with E-state index >= 15 is 0 Å². The molecule has 1 atom stereocenters. The van der Waals surface area contributed by atoms with Crippen molar-refractivity contribution in [1.82, 2.24) is 0 Å². The standard InChI is InChI=1S/C19H13FO5/c1-11(17(21)12-6-8-14(20)9-7-12)24-18(22)15-10-13-4-2-3-5-16(13)25-19(15)23/h2-11H,1H3/t11-/m0/s1. The van der Waals surface area contributed by atoms with E-state index in [0.29, 0.717) is 11.0 Å². The van der Waals surface area contributed by atoms with Crippen LogP contribution < -0.4 is 5.63 Å². The smallest absolute Gasteiger partial charge is 0.351 e. The molecule has 0 bridgehead atoms. The van der Waals surface area contributed by atoms with Gasteiger partial charge in [0.2, 0.25) is 5.78 Å². The minimum absolute atomic E-state index is 0.201. The summed E-state index contributed by atoms with van der Waals surface area (Å²) in [6.45, 7) is 1.38. The quantitative estimate of drug-likeness (QED) is 0.414. The SMILES string of the molecule is C[C@H](OC(=O)c1cc2ccccc2oc1=O)C(=O)c1ccc(F)cc1. The van der Waals surface area contributed by atoms with Crippen LogP contribution in [0, 0.1) is 5.82 Å². The van der Waals surface area contributed by atoms with E-state index in [1.807, 2.05) is 0 Å². The second kappa shape index (κ2) is 6.68.